The molecule has 1 N–H and O–H groups in total. The van der Waals surface area contributed by atoms with Gasteiger partial charge in [-0.15, -0.1) is 10.2 Å². The molecule has 1 saturated heterocycles. The Morgan fingerprint density at radius 3 is 2.64 bits per heavy atom. The molecule has 3 rings (SSSR count). The van der Waals surface area contributed by atoms with Crippen molar-refractivity contribution >= 4 is 39.9 Å². The quantitative estimate of drug-likeness (QED) is 0.879. The molecule has 8 nitrogen and oxygen atoms in total. The molecule has 0 aromatic carbocycles. The zero-order valence-electron chi connectivity index (χ0n) is 11.6. The molecule has 0 unspecified atom stereocenters. The maximum absolute atomic E-state index is 11.9. The first kappa shape index (κ1) is 15.1. The molecule has 0 radical (unpaired) electrons. The van der Waals surface area contributed by atoms with Crippen molar-refractivity contribution in [3.8, 4) is 0 Å². The third kappa shape index (κ3) is 3.87. The molecule has 1 fully saturated rings. The Kier molecular flexibility index (Phi) is 4.76. The van der Waals surface area contributed by atoms with E-state index in [0.29, 0.717) is 22.6 Å². The molecule has 22 heavy (non-hydrogen) atoms. The molecule has 1 aliphatic heterocycles. The number of hydrogen-bond donors (Lipinski definition) is 1. The average Bonchev–Trinajstić information content (AvgIpc) is 3.02. The second kappa shape index (κ2) is 6.95. The highest BCUT2D eigenvalue weighted by atomic mass is 35.5. The van der Waals surface area contributed by atoms with Crippen LogP contribution < -0.4 is 10.2 Å². The minimum atomic E-state index is -0.0760. The van der Waals surface area contributed by atoms with Gasteiger partial charge in [0.05, 0.1) is 24.0 Å². The Balaban J connectivity index is 1.47. The Morgan fingerprint density at radius 1 is 1.27 bits per heavy atom. The van der Waals surface area contributed by atoms with Gasteiger partial charge < -0.3 is 4.90 Å². The van der Waals surface area contributed by atoms with Crippen molar-refractivity contribution in [3.05, 3.63) is 22.9 Å². The predicted molar refractivity (Wildman–Crippen MR) is 84.2 cm³/mol. The number of anilines is 2. The Hall–Kier alpha value is -1.84. The fourth-order valence-corrected chi connectivity index (χ4v) is 2.72. The lowest BCUT2D eigenvalue weighted by atomic mass is 10.3. The number of rotatable bonds is 4. The van der Waals surface area contributed by atoms with Crippen molar-refractivity contribution in [2.75, 3.05) is 42.9 Å². The van der Waals surface area contributed by atoms with Gasteiger partial charge in [0.2, 0.25) is 17.0 Å². The van der Waals surface area contributed by atoms with E-state index in [4.69, 9.17) is 11.6 Å². The third-order valence-electron chi connectivity index (χ3n) is 3.24. The summed E-state index contributed by atoms with van der Waals surface area (Å²) < 4.78 is 0. The van der Waals surface area contributed by atoms with Crippen LogP contribution in [0.3, 0.4) is 0 Å². The Bertz CT molecular complexity index is 613. The molecule has 0 spiro atoms. The standard InChI is InChI=1S/C12H14ClN7OS/c13-9-5-14-11(15-6-9)20-3-1-19(2-4-20)7-10(21)17-12-18-16-8-22-12/h5-6,8H,1-4,7H2,(H,17,18,21). The molecule has 1 amide bonds. The van der Waals surface area contributed by atoms with Gasteiger partial charge in [-0.05, 0) is 0 Å². The molecule has 0 aliphatic carbocycles. The lowest BCUT2D eigenvalue weighted by Gasteiger charge is -2.34. The Labute approximate surface area is 136 Å². The van der Waals surface area contributed by atoms with E-state index in [0.717, 1.165) is 26.2 Å². The fraction of sp³-hybridized carbons (Fsp3) is 0.417. The van der Waals surface area contributed by atoms with Crippen molar-refractivity contribution in [2.45, 2.75) is 0 Å². The zero-order chi connectivity index (χ0) is 15.4. The first-order chi connectivity index (χ1) is 10.7. The summed E-state index contributed by atoms with van der Waals surface area (Å²) in [5.74, 6) is 0.593. The third-order valence-corrected chi connectivity index (χ3v) is 4.04. The van der Waals surface area contributed by atoms with Crippen LogP contribution in [0.15, 0.2) is 17.9 Å². The fourth-order valence-electron chi connectivity index (χ4n) is 2.16. The highest BCUT2D eigenvalue weighted by Crippen LogP contribution is 2.13. The summed E-state index contributed by atoms with van der Waals surface area (Å²) in [7, 11) is 0. The van der Waals surface area contributed by atoms with Crippen molar-refractivity contribution in [1.29, 1.82) is 0 Å². The largest absolute Gasteiger partial charge is 0.338 e. The second-order valence-electron chi connectivity index (χ2n) is 4.76. The highest BCUT2D eigenvalue weighted by Gasteiger charge is 2.20. The van der Waals surface area contributed by atoms with Crippen LogP contribution >= 0.6 is 22.9 Å². The van der Waals surface area contributed by atoms with E-state index in [1.807, 2.05) is 0 Å². The number of carbonyl (C=O) groups is 1. The molecule has 0 saturated carbocycles. The molecule has 3 heterocycles. The number of nitrogens with zero attached hydrogens (tertiary/aromatic N) is 6. The van der Waals surface area contributed by atoms with Gasteiger partial charge in [-0.25, -0.2) is 9.97 Å². The summed E-state index contributed by atoms with van der Waals surface area (Å²) in [5, 5.41) is 11.3. The van der Waals surface area contributed by atoms with Crippen molar-refractivity contribution < 1.29 is 4.79 Å². The van der Waals surface area contributed by atoms with Crippen LogP contribution in [0.5, 0.6) is 0 Å². The molecule has 2 aromatic rings. The number of carbonyl (C=O) groups excluding carboxylic acids is 1. The van der Waals surface area contributed by atoms with Crippen molar-refractivity contribution in [1.82, 2.24) is 25.1 Å². The summed E-state index contributed by atoms with van der Waals surface area (Å²) in [6.07, 6.45) is 3.18. The lowest BCUT2D eigenvalue weighted by Crippen LogP contribution is -2.49. The summed E-state index contributed by atoms with van der Waals surface area (Å²) in [6, 6.07) is 0. The maximum atomic E-state index is 11.9. The molecular formula is C12H14ClN7OS. The van der Waals surface area contributed by atoms with E-state index >= 15 is 0 Å². The van der Waals surface area contributed by atoms with Gasteiger partial charge >= 0.3 is 0 Å². The van der Waals surface area contributed by atoms with E-state index < -0.39 is 0 Å². The van der Waals surface area contributed by atoms with E-state index in [1.165, 1.54) is 11.3 Å². The van der Waals surface area contributed by atoms with Crippen LogP contribution in [-0.4, -0.2) is 63.7 Å². The lowest BCUT2D eigenvalue weighted by molar-refractivity contribution is -0.117. The topological polar surface area (TPSA) is 87.1 Å². The number of halogens is 1. The summed E-state index contributed by atoms with van der Waals surface area (Å²) >= 11 is 7.09. The number of nitrogens with one attached hydrogen (secondary N) is 1. The monoisotopic (exact) mass is 339 g/mol. The summed E-state index contributed by atoms with van der Waals surface area (Å²) in [4.78, 5) is 24.5. The predicted octanol–water partition coefficient (Wildman–Crippen LogP) is 0.742. The summed E-state index contributed by atoms with van der Waals surface area (Å²) in [5.41, 5.74) is 1.58. The SMILES string of the molecule is O=C(CN1CCN(c2ncc(Cl)cn2)CC1)Nc1nncs1. The molecule has 2 aromatic heterocycles. The number of aromatic nitrogens is 4. The van der Waals surface area contributed by atoms with Crippen LogP contribution in [0, 0.1) is 0 Å². The minimum Gasteiger partial charge on any atom is -0.338 e. The molecule has 0 atom stereocenters. The van der Waals surface area contributed by atoms with Gasteiger partial charge in [0.15, 0.2) is 0 Å². The molecule has 10 heteroatoms. The first-order valence-electron chi connectivity index (χ1n) is 6.71. The van der Waals surface area contributed by atoms with Crippen LogP contribution in [0.1, 0.15) is 0 Å². The van der Waals surface area contributed by atoms with Gasteiger partial charge in [0, 0.05) is 26.2 Å². The summed E-state index contributed by atoms with van der Waals surface area (Å²) in [6.45, 7) is 3.43. The minimum absolute atomic E-state index is 0.0760. The van der Waals surface area contributed by atoms with E-state index in [2.05, 4.69) is 35.3 Å². The van der Waals surface area contributed by atoms with Gasteiger partial charge in [0.1, 0.15) is 5.51 Å². The Morgan fingerprint density at radius 2 is 2.00 bits per heavy atom. The maximum Gasteiger partial charge on any atom is 0.240 e. The smallest absolute Gasteiger partial charge is 0.240 e. The zero-order valence-corrected chi connectivity index (χ0v) is 13.2. The van der Waals surface area contributed by atoms with Crippen LogP contribution in [0.25, 0.3) is 0 Å². The first-order valence-corrected chi connectivity index (χ1v) is 7.97. The van der Waals surface area contributed by atoms with E-state index in [1.54, 1.807) is 17.9 Å². The normalized spacial score (nSPS) is 15.8. The van der Waals surface area contributed by atoms with Crippen molar-refractivity contribution in [3.63, 3.8) is 0 Å². The van der Waals surface area contributed by atoms with Crippen LogP contribution in [-0.2, 0) is 4.79 Å². The molecule has 1 aliphatic rings. The van der Waals surface area contributed by atoms with Gasteiger partial charge in [-0.1, -0.05) is 22.9 Å². The van der Waals surface area contributed by atoms with Crippen LogP contribution in [0.2, 0.25) is 5.02 Å². The van der Waals surface area contributed by atoms with Gasteiger partial charge in [-0.2, -0.15) is 0 Å². The second-order valence-corrected chi connectivity index (χ2v) is 6.03. The number of hydrogen-bond acceptors (Lipinski definition) is 8. The van der Waals surface area contributed by atoms with E-state index in [-0.39, 0.29) is 5.91 Å². The van der Waals surface area contributed by atoms with Crippen LogP contribution in [0.4, 0.5) is 11.1 Å². The molecule has 116 valence electrons. The highest BCUT2D eigenvalue weighted by molar-refractivity contribution is 7.13. The average molecular weight is 340 g/mol. The number of piperazine rings is 1. The van der Waals surface area contributed by atoms with E-state index in [9.17, 15) is 4.79 Å². The number of amides is 1. The van der Waals surface area contributed by atoms with Crippen molar-refractivity contribution in [2.24, 2.45) is 0 Å². The van der Waals surface area contributed by atoms with Gasteiger partial charge in [0.25, 0.3) is 0 Å². The molecular weight excluding hydrogens is 326 g/mol. The molecule has 0 bridgehead atoms. The van der Waals surface area contributed by atoms with Gasteiger partial charge in [-0.3, -0.25) is 15.0 Å².